The van der Waals surface area contributed by atoms with Gasteiger partial charge in [0.25, 0.3) is 0 Å². The zero-order valence-corrected chi connectivity index (χ0v) is 10.6. The van der Waals surface area contributed by atoms with Crippen LogP contribution in [0.4, 0.5) is 0 Å². The zero-order valence-electron chi connectivity index (χ0n) is 10.6. The highest BCUT2D eigenvalue weighted by molar-refractivity contribution is 6.00. The molecule has 1 heteroatoms. The molecule has 1 aliphatic rings. The molecule has 0 aromatic heterocycles. The Hall–Kier alpha value is -2.15. The number of benzene rings is 3. The van der Waals surface area contributed by atoms with Crippen LogP contribution in [0.2, 0.25) is 0 Å². The second-order valence-electron chi connectivity index (χ2n) is 5.41. The molecular weight excluding hydrogens is 232 g/mol. The van der Waals surface area contributed by atoms with E-state index in [4.69, 9.17) is 0 Å². The van der Waals surface area contributed by atoms with Gasteiger partial charge in [-0.3, -0.25) is 4.79 Å². The zero-order chi connectivity index (χ0) is 12.8. The van der Waals surface area contributed by atoms with E-state index in [1.807, 2.05) is 0 Å². The molecule has 0 atom stereocenters. The van der Waals surface area contributed by atoms with Crippen LogP contribution >= 0.6 is 0 Å². The maximum absolute atomic E-state index is 11.2. The van der Waals surface area contributed by atoms with Gasteiger partial charge in [-0.2, -0.15) is 0 Å². The van der Waals surface area contributed by atoms with E-state index in [1.54, 1.807) is 0 Å². The van der Waals surface area contributed by atoms with Crippen LogP contribution < -0.4 is 0 Å². The number of ketones is 1. The Labute approximate surface area is 111 Å². The Balaban J connectivity index is 1.98. The van der Waals surface area contributed by atoms with E-state index in [-0.39, 0.29) is 0 Å². The second-order valence-corrected chi connectivity index (χ2v) is 5.41. The van der Waals surface area contributed by atoms with Gasteiger partial charge >= 0.3 is 0 Å². The van der Waals surface area contributed by atoms with Gasteiger partial charge < -0.3 is 0 Å². The molecule has 0 N–H and O–H groups in total. The molecule has 3 aromatic carbocycles. The Bertz CT molecular complexity index is 793. The van der Waals surface area contributed by atoms with E-state index in [1.165, 1.54) is 27.1 Å². The number of hydrogen-bond acceptors (Lipinski definition) is 1. The Morgan fingerprint density at radius 1 is 0.789 bits per heavy atom. The van der Waals surface area contributed by atoms with Crippen LogP contribution in [-0.4, -0.2) is 5.78 Å². The van der Waals surface area contributed by atoms with E-state index >= 15 is 0 Å². The third-order valence-corrected chi connectivity index (χ3v) is 4.17. The Morgan fingerprint density at radius 3 is 2.21 bits per heavy atom. The predicted molar refractivity (Wildman–Crippen MR) is 78.4 cm³/mol. The summed E-state index contributed by atoms with van der Waals surface area (Å²) in [6, 6.07) is 19.4. The topological polar surface area (TPSA) is 17.1 Å². The van der Waals surface area contributed by atoms with Crippen molar-refractivity contribution in [2.24, 2.45) is 0 Å². The summed E-state index contributed by atoms with van der Waals surface area (Å²) in [6.07, 6.45) is 1.43. The van der Waals surface area contributed by atoms with Crippen LogP contribution in [0, 0.1) is 0 Å². The van der Waals surface area contributed by atoms with Crippen molar-refractivity contribution < 1.29 is 4.79 Å². The molecule has 1 fully saturated rings. The minimum Gasteiger partial charge on any atom is -0.300 e. The fourth-order valence-corrected chi connectivity index (χ4v) is 3.06. The molecular formula is C18H14O. The Kier molecular flexibility index (Phi) is 2.22. The average molecular weight is 246 g/mol. The van der Waals surface area contributed by atoms with Crippen molar-refractivity contribution >= 4 is 27.3 Å². The van der Waals surface area contributed by atoms with Crippen LogP contribution in [0.1, 0.15) is 24.3 Å². The summed E-state index contributed by atoms with van der Waals surface area (Å²) in [5.41, 5.74) is 1.34. The molecule has 0 radical (unpaired) electrons. The van der Waals surface area contributed by atoms with Gasteiger partial charge in [0.15, 0.2) is 0 Å². The van der Waals surface area contributed by atoms with Crippen molar-refractivity contribution in [1.29, 1.82) is 0 Å². The van der Waals surface area contributed by atoms with Crippen molar-refractivity contribution in [3.05, 3.63) is 60.2 Å². The highest BCUT2D eigenvalue weighted by Crippen LogP contribution is 2.38. The lowest BCUT2D eigenvalue weighted by atomic mass is 9.77. The molecule has 0 unspecified atom stereocenters. The van der Waals surface area contributed by atoms with Gasteiger partial charge in [0.2, 0.25) is 0 Å². The number of fused-ring (bicyclic) bond motifs is 2. The monoisotopic (exact) mass is 246 g/mol. The van der Waals surface area contributed by atoms with E-state index in [0.717, 1.165) is 0 Å². The molecule has 0 saturated heterocycles. The lowest BCUT2D eigenvalue weighted by Crippen LogP contribution is -2.21. The molecule has 0 amide bonds. The Morgan fingerprint density at radius 2 is 1.47 bits per heavy atom. The first-order valence-corrected chi connectivity index (χ1v) is 6.74. The van der Waals surface area contributed by atoms with Gasteiger partial charge in [0.1, 0.15) is 5.78 Å². The normalized spacial score (nSPS) is 15.9. The number of rotatable bonds is 1. The van der Waals surface area contributed by atoms with Gasteiger partial charge in [-0.05, 0) is 45.2 Å². The van der Waals surface area contributed by atoms with Gasteiger partial charge in [0.05, 0.1) is 0 Å². The third-order valence-electron chi connectivity index (χ3n) is 4.17. The van der Waals surface area contributed by atoms with Crippen LogP contribution in [-0.2, 0) is 4.79 Å². The number of Topliss-reactive ketones (excluding diaryl/α,β-unsaturated/α-hetero) is 1. The second kappa shape index (κ2) is 3.92. The summed E-state index contributed by atoms with van der Waals surface area (Å²) in [5, 5.41) is 5.12. The van der Waals surface area contributed by atoms with Crippen LogP contribution in [0.15, 0.2) is 54.6 Å². The molecule has 19 heavy (non-hydrogen) atoms. The van der Waals surface area contributed by atoms with E-state index in [0.29, 0.717) is 24.5 Å². The quantitative estimate of drug-likeness (QED) is 0.580. The molecule has 4 rings (SSSR count). The molecule has 92 valence electrons. The maximum atomic E-state index is 11.2. The highest BCUT2D eigenvalue weighted by atomic mass is 16.1. The first kappa shape index (κ1) is 10.7. The molecule has 3 aromatic rings. The van der Waals surface area contributed by atoms with E-state index in [9.17, 15) is 4.79 Å². The first-order chi connectivity index (χ1) is 9.31. The van der Waals surface area contributed by atoms with Crippen LogP contribution in [0.5, 0.6) is 0 Å². The summed E-state index contributed by atoms with van der Waals surface area (Å²) in [5.74, 6) is 0.820. The highest BCUT2D eigenvalue weighted by Gasteiger charge is 2.28. The molecule has 1 saturated carbocycles. The number of carbonyl (C=O) groups is 1. The van der Waals surface area contributed by atoms with Gasteiger partial charge in [-0.15, -0.1) is 0 Å². The van der Waals surface area contributed by atoms with Crippen LogP contribution in [0.25, 0.3) is 21.5 Å². The average Bonchev–Trinajstić information content (AvgIpc) is 2.41. The SMILES string of the molecule is O=C1CC(c2cccc3cc4ccccc4cc23)C1. The summed E-state index contributed by atoms with van der Waals surface area (Å²) in [4.78, 5) is 11.2. The van der Waals surface area contributed by atoms with Crippen molar-refractivity contribution in [2.45, 2.75) is 18.8 Å². The van der Waals surface area contributed by atoms with Gasteiger partial charge in [0, 0.05) is 12.8 Å². The number of hydrogen-bond donors (Lipinski definition) is 0. The lowest BCUT2D eigenvalue weighted by molar-refractivity contribution is -0.124. The van der Waals surface area contributed by atoms with Crippen molar-refractivity contribution in [2.75, 3.05) is 0 Å². The first-order valence-electron chi connectivity index (χ1n) is 6.74. The smallest absolute Gasteiger partial charge is 0.134 e. The van der Waals surface area contributed by atoms with Crippen molar-refractivity contribution in [1.82, 2.24) is 0 Å². The van der Waals surface area contributed by atoms with Crippen molar-refractivity contribution in [3.63, 3.8) is 0 Å². The minimum atomic E-state index is 0.391. The lowest BCUT2D eigenvalue weighted by Gasteiger charge is -2.25. The predicted octanol–water partition coefficient (Wildman–Crippen LogP) is 4.44. The summed E-state index contributed by atoms with van der Waals surface area (Å²) in [7, 11) is 0. The molecule has 1 nitrogen and oxygen atoms in total. The minimum absolute atomic E-state index is 0.391. The van der Waals surface area contributed by atoms with E-state index in [2.05, 4.69) is 54.6 Å². The molecule has 0 bridgehead atoms. The molecule has 0 spiro atoms. The third kappa shape index (κ3) is 1.66. The van der Waals surface area contributed by atoms with Gasteiger partial charge in [-0.25, -0.2) is 0 Å². The summed E-state index contributed by atoms with van der Waals surface area (Å²) >= 11 is 0. The fraction of sp³-hybridized carbons (Fsp3) is 0.167. The standard InChI is InChI=1S/C18H14O/c19-16-9-15(10-16)17-7-3-6-14-8-12-4-1-2-5-13(12)11-18(14)17/h1-8,11,15H,9-10H2. The van der Waals surface area contributed by atoms with E-state index < -0.39 is 0 Å². The molecule has 1 aliphatic carbocycles. The fourth-order valence-electron chi connectivity index (χ4n) is 3.06. The van der Waals surface area contributed by atoms with Crippen molar-refractivity contribution in [3.8, 4) is 0 Å². The maximum Gasteiger partial charge on any atom is 0.134 e. The largest absolute Gasteiger partial charge is 0.300 e. The molecule has 0 heterocycles. The van der Waals surface area contributed by atoms with Crippen LogP contribution in [0.3, 0.4) is 0 Å². The number of carbonyl (C=O) groups excluding carboxylic acids is 1. The summed E-state index contributed by atoms with van der Waals surface area (Å²) < 4.78 is 0. The molecule has 0 aliphatic heterocycles. The van der Waals surface area contributed by atoms with Gasteiger partial charge in [-0.1, -0.05) is 42.5 Å². The summed E-state index contributed by atoms with van der Waals surface area (Å²) in [6.45, 7) is 0.